The van der Waals surface area contributed by atoms with Gasteiger partial charge in [0.1, 0.15) is 12.4 Å². The Morgan fingerprint density at radius 1 is 1.50 bits per heavy atom. The highest BCUT2D eigenvalue weighted by Crippen LogP contribution is 2.20. The van der Waals surface area contributed by atoms with E-state index in [1.165, 1.54) is 6.07 Å². The lowest BCUT2D eigenvalue weighted by Gasteiger charge is -2.08. The molecule has 1 rings (SSSR count). The molecule has 5 nitrogen and oxygen atoms in total. The van der Waals surface area contributed by atoms with Gasteiger partial charge in [-0.15, -0.1) is 0 Å². The molecule has 1 amide bonds. The zero-order valence-corrected chi connectivity index (χ0v) is 7.56. The zero-order chi connectivity index (χ0) is 10.6. The highest BCUT2D eigenvalue weighted by molar-refractivity contribution is 5.96. The van der Waals surface area contributed by atoms with Gasteiger partial charge in [-0.25, -0.2) is 0 Å². The smallest absolute Gasteiger partial charge is 0.252 e. The van der Waals surface area contributed by atoms with Crippen molar-refractivity contribution in [3.63, 3.8) is 0 Å². The Bertz CT molecular complexity index is 339. The second-order valence-corrected chi connectivity index (χ2v) is 2.69. The van der Waals surface area contributed by atoms with Gasteiger partial charge in [0.2, 0.25) is 0 Å². The van der Waals surface area contributed by atoms with Gasteiger partial charge in [0, 0.05) is 5.69 Å². The average molecular weight is 196 g/mol. The summed E-state index contributed by atoms with van der Waals surface area (Å²) in [6, 6.07) is 4.58. The van der Waals surface area contributed by atoms with Crippen LogP contribution < -0.4 is 16.2 Å². The molecule has 1 aromatic carbocycles. The van der Waals surface area contributed by atoms with Crippen LogP contribution in [0.4, 0.5) is 5.69 Å². The van der Waals surface area contributed by atoms with Gasteiger partial charge >= 0.3 is 0 Å². The Labute approximate surface area is 81.3 Å². The summed E-state index contributed by atoms with van der Waals surface area (Å²) in [6.45, 7) is -0.00717. The summed E-state index contributed by atoms with van der Waals surface area (Å²) in [6.07, 6.45) is 0. The first-order valence-corrected chi connectivity index (χ1v) is 4.08. The van der Waals surface area contributed by atoms with Crippen molar-refractivity contribution in [3.8, 4) is 5.75 Å². The van der Waals surface area contributed by atoms with Crippen LogP contribution in [0.25, 0.3) is 0 Å². The normalized spacial score (nSPS) is 9.79. The molecular weight excluding hydrogens is 184 g/mol. The van der Waals surface area contributed by atoms with Crippen LogP contribution >= 0.6 is 0 Å². The first-order chi connectivity index (χ1) is 6.65. The number of primary amides is 1. The van der Waals surface area contributed by atoms with E-state index in [1.807, 2.05) is 0 Å². The largest absolute Gasteiger partial charge is 0.490 e. The number of nitrogens with two attached hydrogens (primary N) is 2. The van der Waals surface area contributed by atoms with Crippen molar-refractivity contribution < 1.29 is 14.6 Å². The highest BCUT2D eigenvalue weighted by Gasteiger charge is 2.09. The maximum absolute atomic E-state index is 11.0. The highest BCUT2D eigenvalue weighted by atomic mass is 16.5. The van der Waals surface area contributed by atoms with E-state index in [4.69, 9.17) is 21.3 Å². The van der Waals surface area contributed by atoms with Crippen molar-refractivity contribution in [1.29, 1.82) is 0 Å². The van der Waals surface area contributed by atoms with Gasteiger partial charge < -0.3 is 21.3 Å². The molecule has 0 radical (unpaired) electrons. The molecule has 0 aliphatic rings. The van der Waals surface area contributed by atoms with E-state index < -0.39 is 5.91 Å². The number of nitrogen functional groups attached to an aromatic ring is 1. The number of amides is 1. The van der Waals surface area contributed by atoms with Gasteiger partial charge in [0.05, 0.1) is 12.2 Å². The Hall–Kier alpha value is -1.75. The summed E-state index contributed by atoms with van der Waals surface area (Å²) in [5.74, 6) is -0.272. The number of anilines is 1. The lowest BCUT2D eigenvalue weighted by atomic mass is 10.1. The Kier molecular flexibility index (Phi) is 3.30. The fourth-order valence-corrected chi connectivity index (χ4v) is 1.02. The number of benzene rings is 1. The van der Waals surface area contributed by atoms with Crippen molar-refractivity contribution in [3.05, 3.63) is 23.8 Å². The molecule has 76 valence electrons. The van der Waals surface area contributed by atoms with Crippen molar-refractivity contribution in [2.75, 3.05) is 18.9 Å². The number of carbonyl (C=O) groups excluding carboxylic acids is 1. The van der Waals surface area contributed by atoms with Gasteiger partial charge in [-0.1, -0.05) is 0 Å². The van der Waals surface area contributed by atoms with E-state index in [0.717, 1.165) is 0 Å². The minimum Gasteiger partial charge on any atom is -0.490 e. The third kappa shape index (κ3) is 2.37. The van der Waals surface area contributed by atoms with Crippen LogP contribution in [0.15, 0.2) is 18.2 Å². The number of aliphatic hydroxyl groups is 1. The summed E-state index contributed by atoms with van der Waals surface area (Å²) in [5, 5.41) is 8.55. The number of hydrogen-bond acceptors (Lipinski definition) is 4. The van der Waals surface area contributed by atoms with Gasteiger partial charge in [-0.3, -0.25) is 4.79 Å². The minimum absolute atomic E-state index is 0.115. The predicted octanol–water partition coefficient (Wildman–Crippen LogP) is -0.261. The van der Waals surface area contributed by atoms with Gasteiger partial charge in [0.25, 0.3) is 5.91 Å². The minimum atomic E-state index is -0.606. The fourth-order valence-electron chi connectivity index (χ4n) is 1.02. The molecule has 5 heteroatoms. The van der Waals surface area contributed by atoms with Gasteiger partial charge in [-0.05, 0) is 18.2 Å². The van der Waals surface area contributed by atoms with Crippen molar-refractivity contribution >= 4 is 11.6 Å². The maximum atomic E-state index is 11.0. The Morgan fingerprint density at radius 2 is 2.21 bits per heavy atom. The summed E-state index contributed by atoms with van der Waals surface area (Å²) in [4.78, 5) is 11.0. The van der Waals surface area contributed by atoms with Crippen LogP contribution in [0, 0.1) is 0 Å². The third-order valence-corrected chi connectivity index (χ3v) is 1.62. The zero-order valence-electron chi connectivity index (χ0n) is 7.56. The van der Waals surface area contributed by atoms with Crippen molar-refractivity contribution in [1.82, 2.24) is 0 Å². The lowest BCUT2D eigenvalue weighted by Crippen LogP contribution is -2.14. The van der Waals surface area contributed by atoms with Crippen molar-refractivity contribution in [2.45, 2.75) is 0 Å². The molecule has 1 aromatic rings. The topological polar surface area (TPSA) is 98.6 Å². The quantitative estimate of drug-likeness (QED) is 0.578. The molecule has 0 saturated heterocycles. The molecule has 0 spiro atoms. The fraction of sp³-hybridized carbons (Fsp3) is 0.222. The van der Waals surface area contributed by atoms with E-state index in [1.54, 1.807) is 12.1 Å². The molecule has 0 aliphatic heterocycles. The molecular formula is C9H12N2O3. The number of carbonyl (C=O) groups is 1. The second kappa shape index (κ2) is 4.48. The molecule has 0 saturated carbocycles. The summed E-state index contributed by atoms with van der Waals surface area (Å²) in [7, 11) is 0. The predicted molar refractivity (Wildman–Crippen MR) is 52.0 cm³/mol. The number of ether oxygens (including phenoxy) is 1. The molecule has 0 atom stereocenters. The van der Waals surface area contributed by atoms with E-state index in [2.05, 4.69) is 0 Å². The molecule has 0 fully saturated rings. The van der Waals surface area contributed by atoms with Gasteiger partial charge in [0.15, 0.2) is 0 Å². The Morgan fingerprint density at radius 3 is 2.79 bits per heavy atom. The average Bonchev–Trinajstić information content (AvgIpc) is 2.15. The monoisotopic (exact) mass is 196 g/mol. The van der Waals surface area contributed by atoms with Crippen molar-refractivity contribution in [2.24, 2.45) is 5.73 Å². The Balaban J connectivity index is 2.96. The van der Waals surface area contributed by atoms with Crippen LogP contribution in [-0.4, -0.2) is 24.2 Å². The molecule has 5 N–H and O–H groups in total. The summed E-state index contributed by atoms with van der Waals surface area (Å²) >= 11 is 0. The van der Waals surface area contributed by atoms with Crippen LogP contribution in [0.5, 0.6) is 5.75 Å². The molecule has 0 bridgehead atoms. The molecule has 0 heterocycles. The first kappa shape index (κ1) is 10.3. The van der Waals surface area contributed by atoms with E-state index >= 15 is 0 Å². The SMILES string of the molecule is NC(=O)c1cc(N)ccc1OCCO. The third-order valence-electron chi connectivity index (χ3n) is 1.62. The van der Waals surface area contributed by atoms with E-state index in [0.29, 0.717) is 11.4 Å². The first-order valence-electron chi connectivity index (χ1n) is 4.08. The molecule has 14 heavy (non-hydrogen) atoms. The molecule has 0 aliphatic carbocycles. The lowest BCUT2D eigenvalue weighted by molar-refractivity contribution is 0.0994. The van der Waals surface area contributed by atoms with Crippen LogP contribution in [0.1, 0.15) is 10.4 Å². The van der Waals surface area contributed by atoms with Crippen LogP contribution in [0.2, 0.25) is 0 Å². The maximum Gasteiger partial charge on any atom is 0.252 e. The number of hydrogen-bond donors (Lipinski definition) is 3. The van der Waals surface area contributed by atoms with Gasteiger partial charge in [-0.2, -0.15) is 0 Å². The van der Waals surface area contributed by atoms with Crippen LogP contribution in [0.3, 0.4) is 0 Å². The second-order valence-electron chi connectivity index (χ2n) is 2.69. The van der Waals surface area contributed by atoms with Crippen LogP contribution in [-0.2, 0) is 0 Å². The summed E-state index contributed by atoms with van der Waals surface area (Å²) < 4.78 is 5.10. The van der Waals surface area contributed by atoms with E-state index in [-0.39, 0.29) is 18.8 Å². The van der Waals surface area contributed by atoms with E-state index in [9.17, 15) is 4.79 Å². The molecule has 0 unspecified atom stereocenters. The number of rotatable bonds is 4. The summed E-state index contributed by atoms with van der Waals surface area (Å²) in [5.41, 5.74) is 11.3. The molecule has 0 aromatic heterocycles. The number of aliphatic hydroxyl groups excluding tert-OH is 1. The standard InChI is InChI=1S/C9H12N2O3/c10-6-1-2-8(14-4-3-12)7(5-6)9(11)13/h1-2,5,12H,3-4,10H2,(H2,11,13).